The molecule has 1 nitrogen and oxygen atoms in total. The fraction of sp³-hybridized carbons (Fsp3) is 0.143. The summed E-state index contributed by atoms with van der Waals surface area (Å²) in [4.78, 5) is 2.62. The number of anilines is 1. The van der Waals surface area contributed by atoms with Gasteiger partial charge in [-0.1, -0.05) is 41.6 Å². The van der Waals surface area contributed by atoms with Crippen molar-refractivity contribution in [1.82, 2.24) is 0 Å². The molecule has 16 heavy (non-hydrogen) atoms. The van der Waals surface area contributed by atoms with Crippen molar-refractivity contribution in [2.45, 2.75) is 18.2 Å². The van der Waals surface area contributed by atoms with Crippen LogP contribution >= 0.6 is 11.8 Å². The van der Waals surface area contributed by atoms with E-state index in [9.17, 15) is 0 Å². The molecule has 1 aliphatic carbocycles. The van der Waals surface area contributed by atoms with Crippen LogP contribution < -0.4 is 5.32 Å². The second kappa shape index (κ2) is 3.87. The molecule has 1 heterocycles. The van der Waals surface area contributed by atoms with E-state index in [-0.39, 0.29) is 0 Å². The van der Waals surface area contributed by atoms with Crippen LogP contribution in [0.1, 0.15) is 13.3 Å². The molecule has 0 bridgehead atoms. The van der Waals surface area contributed by atoms with Gasteiger partial charge < -0.3 is 5.32 Å². The smallest absolute Gasteiger partial charge is 0.0526 e. The average Bonchev–Trinajstić information content (AvgIpc) is 2.49. The van der Waals surface area contributed by atoms with E-state index in [1.54, 1.807) is 0 Å². The Bertz CT molecular complexity index is 523. The molecule has 0 fully saturated rings. The molecule has 0 atom stereocenters. The fourth-order valence-corrected chi connectivity index (χ4v) is 2.86. The van der Waals surface area contributed by atoms with Crippen LogP contribution in [0.5, 0.6) is 0 Å². The van der Waals surface area contributed by atoms with E-state index < -0.39 is 0 Å². The Morgan fingerprint density at radius 1 is 1.19 bits per heavy atom. The molecule has 0 radical (unpaired) electrons. The molecule has 1 aliphatic heterocycles. The van der Waals surface area contributed by atoms with Gasteiger partial charge in [0.15, 0.2) is 0 Å². The zero-order valence-electron chi connectivity index (χ0n) is 9.16. The van der Waals surface area contributed by atoms with Crippen molar-refractivity contribution in [1.29, 1.82) is 0 Å². The highest BCUT2D eigenvalue weighted by Crippen LogP contribution is 2.42. The van der Waals surface area contributed by atoms with Crippen LogP contribution in [0.15, 0.2) is 63.6 Å². The highest BCUT2D eigenvalue weighted by Gasteiger charge is 2.17. The van der Waals surface area contributed by atoms with Crippen molar-refractivity contribution in [3.63, 3.8) is 0 Å². The summed E-state index contributed by atoms with van der Waals surface area (Å²) in [6.07, 6.45) is 7.72. The molecular weight excluding hydrogens is 214 g/mol. The minimum atomic E-state index is 1.03. The van der Waals surface area contributed by atoms with Crippen LogP contribution in [0.25, 0.3) is 0 Å². The lowest BCUT2D eigenvalue weighted by Gasteiger charge is -2.22. The molecule has 0 saturated carbocycles. The third-order valence-corrected chi connectivity index (χ3v) is 3.94. The number of para-hydroxylation sites is 1. The van der Waals surface area contributed by atoms with Crippen molar-refractivity contribution in [2.24, 2.45) is 0 Å². The standard InChI is InChI=1S/C14H13NS/c1-10-6-8-12-14(9-7-10)16-13-5-3-2-4-11(13)15-12/h2-5,7-9,15H,6H2,1H3. The van der Waals surface area contributed by atoms with Crippen molar-refractivity contribution < 1.29 is 0 Å². The van der Waals surface area contributed by atoms with Gasteiger partial charge in [0, 0.05) is 15.5 Å². The van der Waals surface area contributed by atoms with Crippen LogP contribution in [-0.4, -0.2) is 0 Å². The Morgan fingerprint density at radius 2 is 2.06 bits per heavy atom. The average molecular weight is 227 g/mol. The van der Waals surface area contributed by atoms with E-state index >= 15 is 0 Å². The van der Waals surface area contributed by atoms with Crippen molar-refractivity contribution in [2.75, 3.05) is 5.32 Å². The Morgan fingerprint density at radius 3 is 3.00 bits per heavy atom. The number of allylic oxidation sites excluding steroid dienone is 4. The normalized spacial score (nSPS) is 18.2. The first kappa shape index (κ1) is 9.79. The maximum atomic E-state index is 3.50. The lowest BCUT2D eigenvalue weighted by atomic mass is 10.2. The number of rotatable bonds is 0. The van der Waals surface area contributed by atoms with Crippen LogP contribution in [0.2, 0.25) is 0 Å². The molecule has 3 rings (SSSR count). The number of benzene rings is 1. The summed E-state index contributed by atoms with van der Waals surface area (Å²) in [5, 5.41) is 3.50. The van der Waals surface area contributed by atoms with E-state index in [1.165, 1.54) is 26.8 Å². The van der Waals surface area contributed by atoms with Crippen LogP contribution in [0.3, 0.4) is 0 Å². The monoisotopic (exact) mass is 227 g/mol. The predicted octanol–water partition coefficient (Wildman–Crippen LogP) is 4.32. The molecule has 0 amide bonds. The fourth-order valence-electron chi connectivity index (χ4n) is 1.86. The summed E-state index contributed by atoms with van der Waals surface area (Å²) in [6.45, 7) is 2.17. The van der Waals surface area contributed by atoms with Gasteiger partial charge in [0.25, 0.3) is 0 Å². The Balaban J connectivity index is 2.05. The molecular formula is C14H13NS. The van der Waals surface area contributed by atoms with Gasteiger partial charge in [-0.25, -0.2) is 0 Å². The Kier molecular flexibility index (Phi) is 2.37. The zero-order chi connectivity index (χ0) is 11.0. The van der Waals surface area contributed by atoms with Crippen molar-refractivity contribution in [3.8, 4) is 0 Å². The summed E-state index contributed by atoms with van der Waals surface area (Å²) in [5.41, 5.74) is 3.87. The Hall–Kier alpha value is -1.41. The zero-order valence-corrected chi connectivity index (χ0v) is 9.97. The van der Waals surface area contributed by atoms with Crippen LogP contribution in [0.4, 0.5) is 5.69 Å². The molecule has 1 aromatic carbocycles. The van der Waals surface area contributed by atoms with E-state index in [1.807, 2.05) is 11.8 Å². The molecule has 2 heteroatoms. The maximum Gasteiger partial charge on any atom is 0.0526 e. The van der Waals surface area contributed by atoms with Crippen molar-refractivity contribution in [3.05, 3.63) is 58.7 Å². The number of nitrogens with one attached hydrogen (secondary N) is 1. The number of hydrogen-bond donors (Lipinski definition) is 1. The molecule has 0 spiro atoms. The van der Waals surface area contributed by atoms with Crippen molar-refractivity contribution >= 4 is 17.4 Å². The van der Waals surface area contributed by atoms with E-state index in [4.69, 9.17) is 0 Å². The highest BCUT2D eigenvalue weighted by molar-refractivity contribution is 8.03. The lowest BCUT2D eigenvalue weighted by molar-refractivity contribution is 1.20. The number of fused-ring (bicyclic) bond motifs is 2. The summed E-state index contributed by atoms with van der Waals surface area (Å²) in [7, 11) is 0. The van der Waals surface area contributed by atoms with Gasteiger partial charge in [-0.15, -0.1) is 0 Å². The summed E-state index contributed by atoms with van der Waals surface area (Å²) < 4.78 is 0. The highest BCUT2D eigenvalue weighted by atomic mass is 32.2. The van der Waals surface area contributed by atoms with Gasteiger partial charge in [0.1, 0.15) is 0 Å². The molecule has 1 N–H and O–H groups in total. The first-order valence-electron chi connectivity index (χ1n) is 5.45. The quantitative estimate of drug-likeness (QED) is 0.708. The minimum Gasteiger partial charge on any atom is -0.354 e. The SMILES string of the molecule is CC1=CC=C2Sc3ccccc3NC2=CC1. The first-order valence-corrected chi connectivity index (χ1v) is 6.26. The minimum absolute atomic E-state index is 1.03. The van der Waals surface area contributed by atoms with Gasteiger partial charge >= 0.3 is 0 Å². The molecule has 2 aliphatic rings. The van der Waals surface area contributed by atoms with Crippen LogP contribution in [0, 0.1) is 0 Å². The van der Waals surface area contributed by atoms with Gasteiger partial charge in [0.2, 0.25) is 0 Å². The van der Waals surface area contributed by atoms with E-state index in [2.05, 4.69) is 54.7 Å². The van der Waals surface area contributed by atoms with Gasteiger partial charge in [-0.2, -0.15) is 0 Å². The van der Waals surface area contributed by atoms with Crippen LogP contribution in [-0.2, 0) is 0 Å². The predicted molar refractivity (Wildman–Crippen MR) is 70.5 cm³/mol. The lowest BCUT2D eigenvalue weighted by Crippen LogP contribution is -2.06. The van der Waals surface area contributed by atoms with E-state index in [0.29, 0.717) is 0 Å². The first-order chi connectivity index (χ1) is 7.83. The van der Waals surface area contributed by atoms with Gasteiger partial charge in [-0.05, 0) is 31.6 Å². The maximum absolute atomic E-state index is 3.50. The molecule has 0 saturated heterocycles. The third-order valence-electron chi connectivity index (χ3n) is 2.79. The summed E-state index contributed by atoms with van der Waals surface area (Å²) >= 11 is 1.84. The molecule has 1 aromatic rings. The summed E-state index contributed by atoms with van der Waals surface area (Å²) in [6, 6.07) is 8.44. The molecule has 0 unspecified atom stereocenters. The largest absolute Gasteiger partial charge is 0.354 e. The topological polar surface area (TPSA) is 12.0 Å². The van der Waals surface area contributed by atoms with Gasteiger partial charge in [0.05, 0.1) is 5.69 Å². The Labute approximate surface area is 99.9 Å². The number of hydrogen-bond acceptors (Lipinski definition) is 2. The van der Waals surface area contributed by atoms with E-state index in [0.717, 1.165) is 6.42 Å². The summed E-state index contributed by atoms with van der Waals surface area (Å²) in [5.74, 6) is 0. The second-order valence-corrected chi connectivity index (χ2v) is 5.17. The number of thioether (sulfide) groups is 1. The second-order valence-electron chi connectivity index (χ2n) is 4.09. The third kappa shape index (κ3) is 1.69. The molecule has 0 aromatic heterocycles. The van der Waals surface area contributed by atoms with Gasteiger partial charge in [-0.3, -0.25) is 0 Å². The molecule has 80 valence electrons.